The van der Waals surface area contributed by atoms with Crippen LogP contribution in [-0.2, 0) is 11.3 Å². The van der Waals surface area contributed by atoms with E-state index in [0.717, 1.165) is 51.7 Å². The summed E-state index contributed by atoms with van der Waals surface area (Å²) in [6, 6.07) is 10.9. The average molecular weight is 369 g/mol. The Morgan fingerprint density at radius 2 is 1.81 bits per heavy atom. The predicted octanol–water partition coefficient (Wildman–Crippen LogP) is 3.45. The Balaban J connectivity index is 1.58. The van der Waals surface area contributed by atoms with Crippen molar-refractivity contribution in [3.8, 4) is 6.07 Å². The Labute approximate surface area is 163 Å². The zero-order valence-electron chi connectivity index (χ0n) is 16.5. The lowest BCUT2D eigenvalue weighted by molar-refractivity contribution is -0.123. The molecule has 0 unspecified atom stereocenters. The van der Waals surface area contributed by atoms with Crippen LogP contribution in [0.5, 0.6) is 0 Å². The maximum atomic E-state index is 12.5. The van der Waals surface area contributed by atoms with Gasteiger partial charge in [0.05, 0.1) is 12.6 Å². The largest absolute Gasteiger partial charge is 0.371 e. The van der Waals surface area contributed by atoms with Crippen LogP contribution >= 0.6 is 0 Å². The van der Waals surface area contributed by atoms with Crippen molar-refractivity contribution < 1.29 is 4.79 Å². The first kappa shape index (κ1) is 19.7. The van der Waals surface area contributed by atoms with E-state index in [1.54, 1.807) is 0 Å². The molecule has 27 heavy (non-hydrogen) atoms. The van der Waals surface area contributed by atoms with E-state index in [9.17, 15) is 10.1 Å². The van der Waals surface area contributed by atoms with Crippen LogP contribution in [0.2, 0.25) is 0 Å². The molecule has 0 radical (unpaired) electrons. The van der Waals surface area contributed by atoms with E-state index < -0.39 is 5.54 Å². The topological polar surface area (TPSA) is 59.4 Å². The van der Waals surface area contributed by atoms with Crippen LogP contribution in [0, 0.1) is 11.3 Å². The third-order valence-electron chi connectivity index (χ3n) is 5.84. The van der Waals surface area contributed by atoms with Crippen molar-refractivity contribution in [2.45, 2.75) is 63.5 Å². The molecule has 2 fully saturated rings. The number of rotatable bonds is 6. The Bertz CT molecular complexity index is 669. The number of hydrogen-bond acceptors (Lipinski definition) is 4. The molecule has 1 aromatic rings. The third kappa shape index (κ3) is 5.23. The first-order chi connectivity index (χ1) is 13.1. The fourth-order valence-electron chi connectivity index (χ4n) is 4.41. The standard InChI is InChI=1S/C22H32N4O/c1-25(17-21(27)24-22(18-23)12-6-2-7-13-22)16-19-10-4-5-11-20(19)26-14-8-3-9-15-26/h4-5,10-11H,2-3,6-9,12-17H2,1H3,(H,24,27). The molecule has 5 nitrogen and oxygen atoms in total. The highest BCUT2D eigenvalue weighted by molar-refractivity contribution is 5.79. The molecular formula is C22H32N4O. The van der Waals surface area contributed by atoms with E-state index in [0.29, 0.717) is 6.54 Å². The number of carbonyl (C=O) groups excluding carboxylic acids is 1. The highest BCUT2D eigenvalue weighted by atomic mass is 16.2. The lowest BCUT2D eigenvalue weighted by Crippen LogP contribution is -2.51. The van der Waals surface area contributed by atoms with Gasteiger partial charge in [0, 0.05) is 25.3 Å². The maximum Gasteiger partial charge on any atom is 0.235 e. The number of benzene rings is 1. The molecule has 1 aliphatic carbocycles. The van der Waals surface area contributed by atoms with Crippen LogP contribution in [0.3, 0.4) is 0 Å². The van der Waals surface area contributed by atoms with Gasteiger partial charge in [-0.25, -0.2) is 0 Å². The lowest BCUT2D eigenvalue weighted by atomic mass is 9.83. The van der Waals surface area contributed by atoms with Gasteiger partial charge in [-0.05, 0) is 50.8 Å². The smallest absolute Gasteiger partial charge is 0.235 e. The first-order valence-corrected chi connectivity index (χ1v) is 10.4. The summed E-state index contributed by atoms with van der Waals surface area (Å²) in [5.41, 5.74) is 1.91. The minimum Gasteiger partial charge on any atom is -0.371 e. The lowest BCUT2D eigenvalue weighted by Gasteiger charge is -2.33. The van der Waals surface area contributed by atoms with E-state index in [1.807, 2.05) is 11.9 Å². The van der Waals surface area contributed by atoms with Gasteiger partial charge < -0.3 is 10.2 Å². The van der Waals surface area contributed by atoms with Crippen LogP contribution < -0.4 is 10.2 Å². The van der Waals surface area contributed by atoms with Crippen LogP contribution in [0.15, 0.2) is 24.3 Å². The van der Waals surface area contributed by atoms with E-state index >= 15 is 0 Å². The number of hydrogen-bond donors (Lipinski definition) is 1. The first-order valence-electron chi connectivity index (χ1n) is 10.4. The number of anilines is 1. The number of nitriles is 1. The molecule has 1 aliphatic heterocycles. The fourth-order valence-corrected chi connectivity index (χ4v) is 4.41. The predicted molar refractivity (Wildman–Crippen MR) is 108 cm³/mol. The van der Waals surface area contributed by atoms with Gasteiger partial charge >= 0.3 is 0 Å². The van der Waals surface area contributed by atoms with Crippen molar-refractivity contribution in [1.82, 2.24) is 10.2 Å². The van der Waals surface area contributed by atoms with Gasteiger partial charge in [-0.3, -0.25) is 9.69 Å². The zero-order chi connectivity index (χ0) is 19.1. The Kier molecular flexibility index (Phi) is 6.73. The SMILES string of the molecule is CN(CC(=O)NC1(C#N)CCCCC1)Cc1ccccc1N1CCCCC1. The highest BCUT2D eigenvalue weighted by Gasteiger charge is 2.33. The van der Waals surface area contributed by atoms with Gasteiger partial charge in [0.25, 0.3) is 0 Å². The highest BCUT2D eigenvalue weighted by Crippen LogP contribution is 2.28. The molecule has 1 amide bonds. The summed E-state index contributed by atoms with van der Waals surface area (Å²) in [6.07, 6.45) is 8.57. The van der Waals surface area contributed by atoms with Crippen LogP contribution in [0.4, 0.5) is 5.69 Å². The second kappa shape index (κ2) is 9.23. The van der Waals surface area contributed by atoms with E-state index in [2.05, 4.69) is 40.6 Å². The number of para-hydroxylation sites is 1. The monoisotopic (exact) mass is 368 g/mol. The molecule has 0 spiro atoms. The van der Waals surface area contributed by atoms with Crippen LogP contribution in [0.1, 0.15) is 56.9 Å². The van der Waals surface area contributed by atoms with E-state index in [4.69, 9.17) is 0 Å². The minimum atomic E-state index is -0.651. The fraction of sp³-hybridized carbons (Fsp3) is 0.636. The van der Waals surface area contributed by atoms with Gasteiger partial charge in [-0.2, -0.15) is 5.26 Å². The number of likely N-dealkylation sites (N-methyl/N-ethyl adjacent to an activating group) is 1. The maximum absolute atomic E-state index is 12.5. The molecule has 0 aromatic heterocycles. The molecule has 1 aromatic carbocycles. The van der Waals surface area contributed by atoms with Crippen molar-refractivity contribution >= 4 is 11.6 Å². The minimum absolute atomic E-state index is 0.0450. The third-order valence-corrected chi connectivity index (χ3v) is 5.84. The zero-order valence-corrected chi connectivity index (χ0v) is 16.5. The summed E-state index contributed by atoms with van der Waals surface area (Å²) < 4.78 is 0. The van der Waals surface area contributed by atoms with Gasteiger partial charge in [0.15, 0.2) is 0 Å². The number of piperidine rings is 1. The normalized spacial score (nSPS) is 19.5. The summed E-state index contributed by atoms with van der Waals surface area (Å²) in [4.78, 5) is 17.1. The second-order valence-electron chi connectivity index (χ2n) is 8.15. The molecule has 5 heteroatoms. The Hall–Kier alpha value is -2.06. The van der Waals surface area contributed by atoms with Gasteiger partial charge in [0.2, 0.25) is 5.91 Å². The molecule has 1 saturated heterocycles. The van der Waals surface area contributed by atoms with Crippen molar-refractivity contribution in [3.05, 3.63) is 29.8 Å². The van der Waals surface area contributed by atoms with Crippen LogP contribution in [-0.4, -0.2) is 43.0 Å². The van der Waals surface area contributed by atoms with Gasteiger partial charge in [0.1, 0.15) is 5.54 Å². The summed E-state index contributed by atoms with van der Waals surface area (Å²) in [5.74, 6) is -0.0450. The number of nitrogens with one attached hydrogen (secondary N) is 1. The van der Waals surface area contributed by atoms with Crippen molar-refractivity contribution in [2.24, 2.45) is 0 Å². The molecule has 1 saturated carbocycles. The van der Waals surface area contributed by atoms with Crippen molar-refractivity contribution in [3.63, 3.8) is 0 Å². The molecule has 0 atom stereocenters. The number of nitrogens with zero attached hydrogens (tertiary/aromatic N) is 3. The quantitative estimate of drug-likeness (QED) is 0.835. The second-order valence-corrected chi connectivity index (χ2v) is 8.15. The van der Waals surface area contributed by atoms with Crippen molar-refractivity contribution in [2.75, 3.05) is 31.6 Å². The summed E-state index contributed by atoms with van der Waals surface area (Å²) in [7, 11) is 1.98. The van der Waals surface area contributed by atoms with E-state index in [-0.39, 0.29) is 5.91 Å². The molecule has 3 rings (SSSR count). The summed E-state index contributed by atoms with van der Waals surface area (Å²) >= 11 is 0. The van der Waals surface area contributed by atoms with Gasteiger partial charge in [-0.1, -0.05) is 37.5 Å². The summed E-state index contributed by atoms with van der Waals surface area (Å²) in [6.45, 7) is 3.29. The number of carbonyl (C=O) groups is 1. The Morgan fingerprint density at radius 1 is 1.15 bits per heavy atom. The molecule has 146 valence electrons. The van der Waals surface area contributed by atoms with Crippen molar-refractivity contribution in [1.29, 1.82) is 5.26 Å². The molecule has 1 N–H and O–H groups in total. The molecule has 1 heterocycles. The average Bonchev–Trinajstić information content (AvgIpc) is 2.69. The van der Waals surface area contributed by atoms with Gasteiger partial charge in [-0.15, -0.1) is 0 Å². The number of amides is 1. The van der Waals surface area contributed by atoms with E-state index in [1.165, 1.54) is 30.5 Å². The molecular weight excluding hydrogens is 336 g/mol. The molecule has 2 aliphatic rings. The van der Waals surface area contributed by atoms with Crippen LogP contribution in [0.25, 0.3) is 0 Å². The summed E-state index contributed by atoms with van der Waals surface area (Å²) in [5, 5.41) is 12.6. The Morgan fingerprint density at radius 3 is 2.52 bits per heavy atom. The molecule has 0 bridgehead atoms.